The number of halogens is 2. The Morgan fingerprint density at radius 1 is 1.06 bits per heavy atom. The van der Waals surface area contributed by atoms with Crippen LogP contribution in [0.15, 0.2) is 61.4 Å². The van der Waals surface area contributed by atoms with Crippen LogP contribution < -0.4 is 10.1 Å². The van der Waals surface area contributed by atoms with Crippen LogP contribution in [0.2, 0.25) is 5.02 Å². The first-order valence-corrected chi connectivity index (χ1v) is 11.1. The molecule has 0 radical (unpaired) electrons. The molecule has 1 N–H and O–H groups in total. The van der Waals surface area contributed by atoms with E-state index in [4.69, 9.17) is 16.3 Å². The number of anilines is 1. The smallest absolute Gasteiger partial charge is 0.171 e. The molecular formula is C25H22ClFN6O. The van der Waals surface area contributed by atoms with Gasteiger partial charge in [0.1, 0.15) is 18.5 Å². The van der Waals surface area contributed by atoms with E-state index in [0.29, 0.717) is 29.5 Å². The highest BCUT2D eigenvalue weighted by atomic mass is 35.5. The molecule has 172 valence electrons. The second-order valence-corrected chi connectivity index (χ2v) is 8.42. The molecule has 4 aromatic rings. The highest BCUT2D eigenvalue weighted by molar-refractivity contribution is 6.31. The van der Waals surface area contributed by atoms with Crippen LogP contribution in [-0.2, 0) is 26.2 Å². The van der Waals surface area contributed by atoms with Gasteiger partial charge in [0, 0.05) is 60.3 Å². The molecule has 0 saturated carbocycles. The van der Waals surface area contributed by atoms with Gasteiger partial charge in [-0.05, 0) is 29.3 Å². The van der Waals surface area contributed by atoms with Gasteiger partial charge in [0.05, 0.1) is 12.8 Å². The van der Waals surface area contributed by atoms with Crippen molar-refractivity contribution >= 4 is 17.4 Å². The molecule has 0 amide bonds. The first-order chi connectivity index (χ1) is 16.6. The number of nitrogens with one attached hydrogen (secondary N) is 1. The lowest BCUT2D eigenvalue weighted by Gasteiger charge is -2.16. The maximum atomic E-state index is 14.7. The first kappa shape index (κ1) is 22.2. The molecule has 0 unspecified atom stereocenters. The van der Waals surface area contributed by atoms with Gasteiger partial charge in [-0.25, -0.2) is 24.3 Å². The van der Waals surface area contributed by atoms with Gasteiger partial charge in [-0.1, -0.05) is 29.8 Å². The van der Waals surface area contributed by atoms with Gasteiger partial charge in [0.15, 0.2) is 11.6 Å². The number of hydrogen-bond acceptors (Lipinski definition) is 7. The van der Waals surface area contributed by atoms with Crippen molar-refractivity contribution in [2.45, 2.75) is 26.2 Å². The molecule has 9 heteroatoms. The maximum absolute atomic E-state index is 14.7. The van der Waals surface area contributed by atoms with Crippen LogP contribution in [0.3, 0.4) is 0 Å². The van der Waals surface area contributed by atoms with E-state index in [9.17, 15) is 4.39 Å². The minimum atomic E-state index is -0.474. The van der Waals surface area contributed by atoms with Gasteiger partial charge in [-0.15, -0.1) is 0 Å². The van der Waals surface area contributed by atoms with Gasteiger partial charge < -0.3 is 10.1 Å². The summed E-state index contributed by atoms with van der Waals surface area (Å²) in [5.41, 5.74) is 5.55. The summed E-state index contributed by atoms with van der Waals surface area (Å²) >= 11 is 6.23. The predicted octanol–water partition coefficient (Wildman–Crippen LogP) is 4.86. The molecule has 1 aliphatic rings. The molecule has 34 heavy (non-hydrogen) atoms. The molecule has 1 aliphatic heterocycles. The van der Waals surface area contributed by atoms with E-state index in [1.54, 1.807) is 6.07 Å². The topological polar surface area (TPSA) is 76.1 Å². The molecular weight excluding hydrogens is 455 g/mol. The van der Waals surface area contributed by atoms with Crippen molar-refractivity contribution in [2.75, 3.05) is 12.4 Å². The van der Waals surface area contributed by atoms with Gasteiger partial charge in [-0.2, -0.15) is 0 Å². The van der Waals surface area contributed by atoms with Crippen molar-refractivity contribution in [1.82, 2.24) is 24.8 Å². The number of hydrogen-bond donors (Lipinski definition) is 1. The molecule has 2 aromatic heterocycles. The highest BCUT2D eigenvalue weighted by Gasteiger charge is 2.24. The summed E-state index contributed by atoms with van der Waals surface area (Å²) in [7, 11) is 1.43. The second kappa shape index (κ2) is 9.70. The van der Waals surface area contributed by atoms with E-state index in [-0.39, 0.29) is 12.3 Å². The number of nitrogens with zero attached hydrogens (tertiary/aromatic N) is 5. The first-order valence-electron chi connectivity index (χ1n) is 10.8. The van der Waals surface area contributed by atoms with Crippen molar-refractivity contribution in [3.8, 4) is 16.9 Å². The second-order valence-electron chi connectivity index (χ2n) is 8.02. The molecule has 0 aliphatic carbocycles. The van der Waals surface area contributed by atoms with Crippen LogP contribution in [0.1, 0.15) is 22.4 Å². The van der Waals surface area contributed by atoms with Crippen LogP contribution >= 0.6 is 11.6 Å². The lowest BCUT2D eigenvalue weighted by Crippen LogP contribution is -2.16. The number of rotatable bonds is 7. The Bertz CT molecular complexity index is 1320. The Morgan fingerprint density at radius 2 is 1.91 bits per heavy atom. The Balaban J connectivity index is 1.30. The monoisotopic (exact) mass is 476 g/mol. The van der Waals surface area contributed by atoms with E-state index in [1.807, 2.05) is 18.5 Å². The average Bonchev–Trinajstić information content (AvgIpc) is 3.28. The van der Waals surface area contributed by atoms with Gasteiger partial charge in [-0.3, -0.25) is 4.90 Å². The largest absolute Gasteiger partial charge is 0.494 e. The summed E-state index contributed by atoms with van der Waals surface area (Å²) in [5.74, 6) is 0.365. The molecule has 0 spiro atoms. The zero-order valence-corrected chi connectivity index (χ0v) is 19.3. The predicted molar refractivity (Wildman–Crippen MR) is 128 cm³/mol. The lowest BCUT2D eigenvalue weighted by atomic mass is 10.1. The lowest BCUT2D eigenvalue weighted by molar-refractivity contribution is 0.274. The Labute approximate surface area is 201 Å². The zero-order valence-electron chi connectivity index (χ0n) is 18.5. The fraction of sp³-hybridized carbons (Fsp3) is 0.200. The van der Waals surface area contributed by atoms with Crippen molar-refractivity contribution in [2.24, 2.45) is 0 Å². The Kier molecular flexibility index (Phi) is 6.33. The Hall–Kier alpha value is -3.62. The highest BCUT2D eigenvalue weighted by Crippen LogP contribution is 2.31. The normalized spacial score (nSPS) is 13.0. The third-order valence-electron chi connectivity index (χ3n) is 5.82. The summed E-state index contributed by atoms with van der Waals surface area (Å²) < 4.78 is 19.7. The van der Waals surface area contributed by atoms with Gasteiger partial charge in [0.25, 0.3) is 0 Å². The maximum Gasteiger partial charge on any atom is 0.171 e. The molecule has 5 rings (SSSR count). The quantitative estimate of drug-likeness (QED) is 0.408. The van der Waals surface area contributed by atoms with E-state index in [2.05, 4.69) is 48.4 Å². The molecule has 7 nitrogen and oxygen atoms in total. The number of benzene rings is 2. The van der Waals surface area contributed by atoms with Crippen molar-refractivity contribution < 1.29 is 9.13 Å². The number of ether oxygens (including phenoxy) is 1. The third kappa shape index (κ3) is 4.55. The van der Waals surface area contributed by atoms with Crippen LogP contribution in [0.4, 0.5) is 10.2 Å². The number of fused-ring (bicyclic) bond motifs is 1. The van der Waals surface area contributed by atoms with Crippen LogP contribution in [0, 0.1) is 5.82 Å². The third-order valence-corrected chi connectivity index (χ3v) is 6.17. The summed E-state index contributed by atoms with van der Waals surface area (Å²) in [5, 5.41) is 3.57. The van der Waals surface area contributed by atoms with E-state index in [1.165, 1.54) is 31.4 Å². The van der Waals surface area contributed by atoms with E-state index >= 15 is 0 Å². The minimum Gasteiger partial charge on any atom is -0.494 e. The van der Waals surface area contributed by atoms with E-state index < -0.39 is 5.82 Å². The number of aromatic nitrogens is 4. The fourth-order valence-electron chi connectivity index (χ4n) is 4.13. The molecule has 0 atom stereocenters. The van der Waals surface area contributed by atoms with Crippen molar-refractivity contribution in [3.05, 3.63) is 94.7 Å². The van der Waals surface area contributed by atoms with Gasteiger partial charge in [0.2, 0.25) is 0 Å². The minimum absolute atomic E-state index is 0.157. The van der Waals surface area contributed by atoms with Crippen LogP contribution in [0.5, 0.6) is 5.75 Å². The van der Waals surface area contributed by atoms with Crippen molar-refractivity contribution in [1.29, 1.82) is 0 Å². The van der Waals surface area contributed by atoms with Crippen molar-refractivity contribution in [3.63, 3.8) is 0 Å². The fourth-order valence-corrected chi connectivity index (χ4v) is 4.34. The molecule has 3 heterocycles. The van der Waals surface area contributed by atoms with Crippen LogP contribution in [-0.4, -0.2) is 31.9 Å². The van der Waals surface area contributed by atoms with Crippen LogP contribution in [0.25, 0.3) is 11.1 Å². The standard InChI is InChI=1S/C25H22ClFN6O/c1-34-23-6-5-21(26)19(24(23)27)10-30-25-20-12-33(13-22(20)31-15-32-25)11-16-3-2-4-17(7-16)18-8-28-14-29-9-18/h2-9,14-15H,10-13H2,1H3,(H,30,31,32). The van der Waals surface area contributed by atoms with E-state index in [0.717, 1.165) is 28.9 Å². The molecule has 0 fully saturated rings. The molecule has 0 bridgehead atoms. The summed E-state index contributed by atoms with van der Waals surface area (Å²) in [6, 6.07) is 11.5. The molecule has 2 aromatic carbocycles. The van der Waals surface area contributed by atoms with Gasteiger partial charge >= 0.3 is 0 Å². The summed E-state index contributed by atoms with van der Waals surface area (Å²) in [6.45, 7) is 2.34. The summed E-state index contributed by atoms with van der Waals surface area (Å²) in [4.78, 5) is 19.4. The summed E-state index contributed by atoms with van der Waals surface area (Å²) in [6.07, 6.45) is 6.67. The zero-order chi connectivity index (χ0) is 23.5. The Morgan fingerprint density at radius 3 is 2.74 bits per heavy atom. The average molecular weight is 477 g/mol. The number of methoxy groups -OCH3 is 1. The SMILES string of the molecule is COc1ccc(Cl)c(CNc2ncnc3c2CN(Cc2cccc(-c4cncnc4)c2)C3)c1F. The molecule has 0 saturated heterocycles.